The Kier molecular flexibility index (Phi) is 5.28. The molecule has 5 rings (SSSR count). The third kappa shape index (κ3) is 3.56. The molecule has 0 saturated carbocycles. The minimum atomic E-state index is -0.546. The first-order valence-electron chi connectivity index (χ1n) is 9.38. The molecule has 0 aliphatic carbocycles. The van der Waals surface area contributed by atoms with E-state index in [-0.39, 0.29) is 23.0 Å². The number of aromatic nitrogens is 2. The molecular formula is C22H17MnN4O3-. The molecule has 1 aliphatic heterocycles. The van der Waals surface area contributed by atoms with Gasteiger partial charge < -0.3 is 24.8 Å². The molecule has 2 N–H and O–H groups in total. The first kappa shape index (κ1) is 20.1. The van der Waals surface area contributed by atoms with Crippen molar-refractivity contribution in [1.82, 2.24) is 15.3 Å². The van der Waals surface area contributed by atoms with Crippen LogP contribution in [0.3, 0.4) is 0 Å². The van der Waals surface area contributed by atoms with Crippen molar-refractivity contribution in [1.29, 1.82) is 0 Å². The molecule has 1 aromatic heterocycles. The number of H-pyrrole nitrogens is 1. The number of hydrogen-bond acceptors (Lipinski definition) is 5. The van der Waals surface area contributed by atoms with Crippen LogP contribution in [0.4, 0.5) is 5.69 Å². The van der Waals surface area contributed by atoms with Gasteiger partial charge in [0.1, 0.15) is 10.9 Å². The first-order chi connectivity index (χ1) is 14.1. The average molecular weight is 440 g/mol. The second kappa shape index (κ2) is 7.89. The van der Waals surface area contributed by atoms with Gasteiger partial charge in [-0.2, -0.15) is 0 Å². The van der Waals surface area contributed by atoms with E-state index >= 15 is 0 Å². The molecule has 1 radical (unpaired) electrons. The molecule has 0 fully saturated rings. The van der Waals surface area contributed by atoms with E-state index in [9.17, 15) is 14.4 Å². The Labute approximate surface area is 182 Å². The normalized spacial score (nSPS) is 13.1. The molecule has 2 heterocycles. The van der Waals surface area contributed by atoms with Crippen molar-refractivity contribution in [3.63, 3.8) is 0 Å². The Balaban J connectivity index is 0.00000218. The van der Waals surface area contributed by atoms with Crippen LogP contribution in [0.25, 0.3) is 11.0 Å². The number of amides is 1. The van der Waals surface area contributed by atoms with Gasteiger partial charge >= 0.3 is 0 Å². The van der Waals surface area contributed by atoms with Gasteiger partial charge in [-0.25, -0.2) is 4.98 Å². The van der Waals surface area contributed by atoms with E-state index in [1.165, 1.54) is 5.56 Å². The molecule has 0 atom stereocenters. The van der Waals surface area contributed by atoms with Gasteiger partial charge in [0.05, 0.1) is 17.4 Å². The SMILES string of the molecule is O=C(NCc1ccc2c(c1)CN(c1[c-]c(=O)c1=O)CC2)c1ccc2nc[nH]c2c1.[Mn]. The molecule has 4 aromatic rings. The Bertz CT molecular complexity index is 1320. The number of nitrogens with one attached hydrogen (secondary N) is 2. The quantitative estimate of drug-likeness (QED) is 0.285. The van der Waals surface area contributed by atoms with E-state index in [2.05, 4.69) is 27.4 Å². The monoisotopic (exact) mass is 440 g/mol. The van der Waals surface area contributed by atoms with Gasteiger partial charge in [-0.15, -0.1) is 6.07 Å². The number of fused-ring (bicyclic) bond motifs is 2. The fourth-order valence-corrected chi connectivity index (χ4v) is 3.76. The minimum Gasteiger partial charge on any atom is -0.385 e. The first-order valence-corrected chi connectivity index (χ1v) is 9.38. The number of nitrogens with zero attached hydrogens (tertiary/aromatic N) is 2. The van der Waals surface area contributed by atoms with Crippen LogP contribution in [0.1, 0.15) is 27.0 Å². The van der Waals surface area contributed by atoms with Crippen molar-refractivity contribution in [3.8, 4) is 0 Å². The van der Waals surface area contributed by atoms with Crippen LogP contribution >= 0.6 is 0 Å². The van der Waals surface area contributed by atoms with Crippen molar-refractivity contribution in [3.05, 3.63) is 91.5 Å². The van der Waals surface area contributed by atoms with Crippen LogP contribution in [0.2, 0.25) is 0 Å². The smallest absolute Gasteiger partial charge is 0.251 e. The van der Waals surface area contributed by atoms with Crippen molar-refractivity contribution in [2.75, 3.05) is 11.4 Å². The molecule has 8 heteroatoms. The van der Waals surface area contributed by atoms with Gasteiger partial charge in [-0.1, -0.05) is 18.2 Å². The molecule has 1 amide bonds. The Morgan fingerprint density at radius 3 is 2.83 bits per heavy atom. The second-order valence-corrected chi connectivity index (χ2v) is 7.22. The number of carbonyl (C=O) groups excluding carboxylic acids is 1. The van der Waals surface area contributed by atoms with E-state index in [4.69, 9.17) is 0 Å². The summed E-state index contributed by atoms with van der Waals surface area (Å²) in [6.07, 6.45) is 2.41. The van der Waals surface area contributed by atoms with Crippen molar-refractivity contribution in [2.45, 2.75) is 19.5 Å². The van der Waals surface area contributed by atoms with E-state index in [1.807, 2.05) is 23.1 Å². The summed E-state index contributed by atoms with van der Waals surface area (Å²) in [5.41, 5.74) is 4.90. The van der Waals surface area contributed by atoms with Gasteiger partial charge in [0.25, 0.3) is 5.91 Å². The Morgan fingerprint density at radius 2 is 2.03 bits per heavy atom. The summed E-state index contributed by atoms with van der Waals surface area (Å²) in [6.45, 7) is 1.66. The predicted octanol–water partition coefficient (Wildman–Crippen LogP) is 1.45. The molecule has 3 aromatic carbocycles. The zero-order chi connectivity index (χ0) is 20.0. The fraction of sp³-hybridized carbons (Fsp3) is 0.182. The Morgan fingerprint density at radius 1 is 1.17 bits per heavy atom. The maximum absolute atomic E-state index is 12.5. The predicted molar refractivity (Wildman–Crippen MR) is 109 cm³/mol. The van der Waals surface area contributed by atoms with Gasteiger partial charge in [0, 0.05) is 42.3 Å². The summed E-state index contributed by atoms with van der Waals surface area (Å²) in [5, 5.41) is 2.94. The zero-order valence-corrected chi connectivity index (χ0v) is 17.0. The molecule has 1 aliphatic rings. The summed E-state index contributed by atoms with van der Waals surface area (Å²) in [5.74, 6) is -0.154. The third-order valence-corrected chi connectivity index (χ3v) is 5.39. The van der Waals surface area contributed by atoms with Gasteiger partial charge in [-0.3, -0.25) is 4.79 Å². The van der Waals surface area contributed by atoms with Crippen LogP contribution in [-0.2, 0) is 36.6 Å². The number of imidazole rings is 1. The number of aromatic amines is 1. The maximum Gasteiger partial charge on any atom is 0.251 e. The van der Waals surface area contributed by atoms with Crippen LogP contribution in [-0.4, -0.2) is 22.4 Å². The van der Waals surface area contributed by atoms with Crippen molar-refractivity contribution < 1.29 is 21.9 Å². The number of hydrogen-bond donors (Lipinski definition) is 2. The number of carbonyl (C=O) groups is 1. The summed E-state index contributed by atoms with van der Waals surface area (Å²) >= 11 is 0. The largest absolute Gasteiger partial charge is 0.385 e. The molecule has 7 nitrogen and oxygen atoms in total. The number of anilines is 1. The van der Waals surface area contributed by atoms with E-state index < -0.39 is 10.9 Å². The number of benzene rings is 2. The molecule has 0 bridgehead atoms. The fourth-order valence-electron chi connectivity index (χ4n) is 3.76. The molecule has 0 unspecified atom stereocenters. The molecule has 30 heavy (non-hydrogen) atoms. The minimum absolute atomic E-state index is 0. The Hall–Kier alpha value is -3.22. The molecular weight excluding hydrogens is 423 g/mol. The molecule has 0 saturated heterocycles. The summed E-state index contributed by atoms with van der Waals surface area (Å²) in [6, 6.07) is 14.0. The average Bonchev–Trinajstić information content (AvgIpc) is 3.22. The van der Waals surface area contributed by atoms with Crippen molar-refractivity contribution in [2.24, 2.45) is 0 Å². The summed E-state index contributed by atoms with van der Waals surface area (Å²) in [4.78, 5) is 44.4. The van der Waals surface area contributed by atoms with Gasteiger partial charge in [0.15, 0.2) is 0 Å². The molecule has 0 spiro atoms. The van der Waals surface area contributed by atoms with Crippen LogP contribution in [0.5, 0.6) is 0 Å². The maximum atomic E-state index is 12.5. The van der Waals surface area contributed by atoms with Gasteiger partial charge in [-0.05, 0) is 47.0 Å². The van der Waals surface area contributed by atoms with Crippen LogP contribution < -0.4 is 21.1 Å². The molecule has 151 valence electrons. The van der Waals surface area contributed by atoms with Crippen molar-refractivity contribution >= 4 is 22.6 Å². The van der Waals surface area contributed by atoms with Gasteiger partial charge in [0.2, 0.25) is 0 Å². The summed E-state index contributed by atoms with van der Waals surface area (Å²) < 4.78 is 0. The standard InChI is InChI=1S/C22H17N4O3.Mn/c27-20-9-19(21(20)28)26-6-5-14-2-1-13(7-16(14)11-26)10-23-22(29)15-3-4-17-18(8-15)25-12-24-17;/h1-4,7-8,12H,5-6,10-11H2,(H,23,29)(H,24,25);/q-1;. The van der Waals surface area contributed by atoms with E-state index in [0.29, 0.717) is 30.9 Å². The van der Waals surface area contributed by atoms with E-state index in [1.54, 1.807) is 18.5 Å². The zero-order valence-electron chi connectivity index (χ0n) is 15.9. The van der Waals surface area contributed by atoms with E-state index in [0.717, 1.165) is 28.6 Å². The van der Waals surface area contributed by atoms with Crippen LogP contribution in [0, 0.1) is 6.07 Å². The summed E-state index contributed by atoms with van der Waals surface area (Å²) in [7, 11) is 0. The third-order valence-electron chi connectivity index (χ3n) is 5.39. The van der Waals surface area contributed by atoms with Crippen LogP contribution in [0.15, 0.2) is 52.3 Å². The topological polar surface area (TPSA) is 95.2 Å². The second-order valence-electron chi connectivity index (χ2n) is 7.22. The number of rotatable bonds is 4.